The third kappa shape index (κ3) is 8.65. The molecule has 0 saturated carbocycles. The first-order chi connectivity index (χ1) is 21.5. The second-order valence-electron chi connectivity index (χ2n) is 10.4. The third-order valence-electron chi connectivity index (χ3n) is 7.23. The van der Waals surface area contributed by atoms with Gasteiger partial charge in [0.15, 0.2) is 0 Å². The number of fused-ring (bicyclic) bond motifs is 2. The fourth-order valence-electron chi connectivity index (χ4n) is 5.05. The van der Waals surface area contributed by atoms with Crippen molar-refractivity contribution in [1.82, 2.24) is 0 Å². The number of esters is 2. The summed E-state index contributed by atoms with van der Waals surface area (Å²) in [6.07, 6.45) is 0. The number of hydrogen-bond acceptors (Lipinski definition) is 8. The first-order valence-electron chi connectivity index (χ1n) is 14.4. The standard InChI is InChI=1S/C28H29N2O4.C7H8O3S/c1-20(31)33-18-16-30(17-19-34-21(2)32)23-14-12-22(13-15-23)28-24-8-4-6-10-26(24)29(3)27-11-7-5-9-25(27)28;1-6-2-4-7(5-3-6)11(8,9)10/h4-15H,16-19H2,1-3H3;2-5H,1H3,(H,8,9,10)/q+1;/p-1. The average molecular weight is 629 g/mol. The van der Waals surface area contributed by atoms with Crippen LogP contribution in [-0.2, 0) is 36.2 Å². The van der Waals surface area contributed by atoms with Gasteiger partial charge in [-0.15, -0.1) is 0 Å². The monoisotopic (exact) mass is 628 g/mol. The molecule has 0 bridgehead atoms. The van der Waals surface area contributed by atoms with Gasteiger partial charge in [-0.2, -0.15) is 4.57 Å². The normalized spacial score (nSPS) is 11.0. The number of carbonyl (C=O) groups is 2. The minimum absolute atomic E-state index is 0.178. The maximum absolute atomic E-state index is 11.2. The van der Waals surface area contributed by atoms with Crippen molar-refractivity contribution in [3.63, 3.8) is 0 Å². The van der Waals surface area contributed by atoms with Gasteiger partial charge in [-0.1, -0.05) is 54.1 Å². The lowest BCUT2D eigenvalue weighted by molar-refractivity contribution is -0.617. The molecule has 234 valence electrons. The van der Waals surface area contributed by atoms with E-state index in [4.69, 9.17) is 9.47 Å². The van der Waals surface area contributed by atoms with Gasteiger partial charge in [0.05, 0.1) is 28.8 Å². The lowest BCUT2D eigenvalue weighted by atomic mass is 9.95. The van der Waals surface area contributed by atoms with Gasteiger partial charge in [0, 0.05) is 37.2 Å². The van der Waals surface area contributed by atoms with Crippen LogP contribution in [-0.4, -0.2) is 51.2 Å². The van der Waals surface area contributed by atoms with E-state index >= 15 is 0 Å². The summed E-state index contributed by atoms with van der Waals surface area (Å²) >= 11 is 0. The van der Waals surface area contributed by atoms with Crippen molar-refractivity contribution in [1.29, 1.82) is 0 Å². The molecule has 0 atom stereocenters. The Hall–Kier alpha value is -4.80. The molecule has 0 aliphatic rings. The summed E-state index contributed by atoms with van der Waals surface area (Å²) in [5.41, 5.74) is 6.56. The lowest BCUT2D eigenvalue weighted by Gasteiger charge is -2.24. The number of ether oxygens (including phenoxy) is 2. The number of pyridine rings is 1. The summed E-state index contributed by atoms with van der Waals surface area (Å²) in [6, 6.07) is 31.0. The third-order valence-corrected chi connectivity index (χ3v) is 8.08. The Bertz CT molecular complexity index is 1830. The number of para-hydroxylation sites is 2. The molecule has 10 heteroatoms. The molecular formula is C35H36N2O7S. The van der Waals surface area contributed by atoms with Crippen molar-refractivity contribution < 1.29 is 36.6 Å². The molecule has 9 nitrogen and oxygen atoms in total. The highest BCUT2D eigenvalue weighted by Gasteiger charge is 2.18. The molecule has 5 aromatic rings. The maximum atomic E-state index is 11.2. The zero-order valence-corrected chi connectivity index (χ0v) is 26.5. The molecular weight excluding hydrogens is 592 g/mol. The van der Waals surface area contributed by atoms with Gasteiger partial charge in [0.25, 0.3) is 0 Å². The van der Waals surface area contributed by atoms with Crippen LogP contribution in [0.1, 0.15) is 19.4 Å². The van der Waals surface area contributed by atoms with Crippen LogP contribution in [0.5, 0.6) is 0 Å². The van der Waals surface area contributed by atoms with E-state index in [-0.39, 0.29) is 30.0 Å². The zero-order chi connectivity index (χ0) is 32.6. The van der Waals surface area contributed by atoms with Gasteiger partial charge >= 0.3 is 11.9 Å². The minimum atomic E-state index is -4.27. The van der Waals surface area contributed by atoms with Gasteiger partial charge < -0.3 is 18.9 Å². The van der Waals surface area contributed by atoms with Gasteiger partial charge in [-0.25, -0.2) is 8.42 Å². The number of hydrogen-bond donors (Lipinski definition) is 0. The van der Waals surface area contributed by atoms with Crippen LogP contribution in [0.3, 0.4) is 0 Å². The molecule has 0 aliphatic carbocycles. The molecule has 5 rings (SSSR count). The first-order valence-corrected chi connectivity index (χ1v) is 15.8. The Balaban J connectivity index is 0.000000354. The molecule has 1 heterocycles. The van der Waals surface area contributed by atoms with Crippen LogP contribution >= 0.6 is 0 Å². The van der Waals surface area contributed by atoms with Crippen molar-refractivity contribution in [2.45, 2.75) is 25.7 Å². The van der Waals surface area contributed by atoms with E-state index in [1.807, 2.05) is 6.92 Å². The molecule has 4 aromatic carbocycles. The highest BCUT2D eigenvalue weighted by Crippen LogP contribution is 2.34. The van der Waals surface area contributed by atoms with Crippen LogP contribution in [0.4, 0.5) is 5.69 Å². The number of aryl methyl sites for hydroxylation is 2. The SMILES string of the molecule is CC(=O)OCCN(CCOC(C)=O)c1ccc(-c2c3ccccc3[n+](C)c3ccccc23)cc1.Cc1ccc(S(=O)(=O)[O-])cc1. The lowest BCUT2D eigenvalue weighted by Crippen LogP contribution is -2.31. The van der Waals surface area contributed by atoms with Crippen LogP contribution in [0.15, 0.2) is 102 Å². The molecule has 0 aliphatic heterocycles. The van der Waals surface area contributed by atoms with E-state index in [1.54, 1.807) is 12.1 Å². The summed E-state index contributed by atoms with van der Waals surface area (Å²) in [7, 11) is -2.17. The van der Waals surface area contributed by atoms with Gasteiger partial charge in [-0.05, 0) is 48.9 Å². The number of carbonyl (C=O) groups excluding carboxylic acids is 2. The Morgan fingerprint density at radius 3 is 1.64 bits per heavy atom. The minimum Gasteiger partial charge on any atom is -0.744 e. The predicted molar refractivity (Wildman–Crippen MR) is 173 cm³/mol. The fourth-order valence-corrected chi connectivity index (χ4v) is 5.52. The smallest absolute Gasteiger partial charge is 0.302 e. The highest BCUT2D eigenvalue weighted by atomic mass is 32.2. The quantitative estimate of drug-likeness (QED) is 0.0933. The first kappa shape index (κ1) is 33.1. The summed E-state index contributed by atoms with van der Waals surface area (Å²) in [5, 5.41) is 2.39. The van der Waals surface area contributed by atoms with Crippen molar-refractivity contribution in [2.75, 3.05) is 31.2 Å². The molecule has 0 radical (unpaired) electrons. The van der Waals surface area contributed by atoms with E-state index in [0.717, 1.165) is 16.8 Å². The van der Waals surface area contributed by atoms with Crippen LogP contribution in [0.25, 0.3) is 32.9 Å². The van der Waals surface area contributed by atoms with E-state index in [0.29, 0.717) is 13.1 Å². The summed E-state index contributed by atoms with van der Waals surface area (Å²) < 4.78 is 43.7. The van der Waals surface area contributed by atoms with Crippen LogP contribution in [0.2, 0.25) is 0 Å². The summed E-state index contributed by atoms with van der Waals surface area (Å²) in [6.45, 7) is 6.16. The van der Waals surface area contributed by atoms with Crippen molar-refractivity contribution >= 4 is 49.5 Å². The Morgan fingerprint density at radius 1 is 0.733 bits per heavy atom. The van der Waals surface area contributed by atoms with Crippen molar-refractivity contribution in [3.05, 3.63) is 103 Å². The summed E-state index contributed by atoms with van der Waals surface area (Å²) in [4.78, 5) is 24.3. The van der Waals surface area contributed by atoms with E-state index in [9.17, 15) is 22.6 Å². The molecule has 0 N–H and O–H groups in total. The van der Waals surface area contributed by atoms with Crippen molar-refractivity contribution in [2.24, 2.45) is 7.05 Å². The second kappa shape index (κ2) is 14.8. The van der Waals surface area contributed by atoms with E-state index in [2.05, 4.69) is 89.3 Å². The average Bonchev–Trinajstić information content (AvgIpc) is 3.01. The molecule has 0 spiro atoms. The maximum Gasteiger partial charge on any atom is 0.302 e. The zero-order valence-electron chi connectivity index (χ0n) is 25.7. The number of benzene rings is 4. The van der Waals surface area contributed by atoms with Crippen LogP contribution < -0.4 is 9.47 Å². The molecule has 0 unspecified atom stereocenters. The molecule has 0 fully saturated rings. The number of anilines is 1. The number of aromatic nitrogens is 1. The fraction of sp³-hybridized carbons (Fsp3) is 0.229. The largest absolute Gasteiger partial charge is 0.744 e. The molecule has 0 saturated heterocycles. The molecule has 0 amide bonds. The highest BCUT2D eigenvalue weighted by molar-refractivity contribution is 7.85. The Labute approximate surface area is 263 Å². The summed E-state index contributed by atoms with van der Waals surface area (Å²) in [5.74, 6) is -0.627. The predicted octanol–water partition coefficient (Wildman–Crippen LogP) is 5.32. The Morgan fingerprint density at radius 2 is 1.20 bits per heavy atom. The Kier molecular flexibility index (Phi) is 10.9. The van der Waals surface area contributed by atoms with Crippen LogP contribution in [0, 0.1) is 6.92 Å². The van der Waals surface area contributed by atoms with Crippen molar-refractivity contribution in [3.8, 4) is 11.1 Å². The van der Waals surface area contributed by atoms with E-state index in [1.165, 1.54) is 53.3 Å². The molecule has 1 aromatic heterocycles. The number of nitrogens with zero attached hydrogens (tertiary/aromatic N) is 2. The van der Waals surface area contributed by atoms with Gasteiger partial charge in [-0.3, -0.25) is 9.59 Å². The van der Waals surface area contributed by atoms with E-state index < -0.39 is 10.1 Å². The van der Waals surface area contributed by atoms with Gasteiger partial charge in [0.1, 0.15) is 30.4 Å². The molecule has 45 heavy (non-hydrogen) atoms. The number of rotatable bonds is 9. The van der Waals surface area contributed by atoms with Gasteiger partial charge in [0.2, 0.25) is 11.0 Å². The second-order valence-corrected chi connectivity index (χ2v) is 11.8. The topological polar surface area (TPSA) is 117 Å².